The second-order valence-electron chi connectivity index (χ2n) is 12.3. The zero-order valence-corrected chi connectivity index (χ0v) is 24.0. The van der Waals surface area contributed by atoms with Crippen LogP contribution in [-0.4, -0.2) is 88.7 Å². The molecule has 222 valence electrons. The molecule has 1 fully saturated rings. The van der Waals surface area contributed by atoms with Crippen LogP contribution in [0.5, 0.6) is 5.75 Å². The molecule has 41 heavy (non-hydrogen) atoms. The summed E-state index contributed by atoms with van der Waals surface area (Å²) in [5.74, 6) is -6.50. The van der Waals surface area contributed by atoms with Crippen LogP contribution in [0, 0.1) is 11.8 Å². The van der Waals surface area contributed by atoms with Crippen LogP contribution in [0.1, 0.15) is 60.0 Å². The Hall–Kier alpha value is -3.41. The number of rotatable bonds is 6. The number of phenolic OH excluding ortho intramolecular Hbond substituents is 1. The Morgan fingerprint density at radius 1 is 1.10 bits per heavy atom. The van der Waals surface area contributed by atoms with Crippen molar-refractivity contribution in [1.82, 2.24) is 10.2 Å². The van der Waals surface area contributed by atoms with Gasteiger partial charge in [0.15, 0.2) is 11.4 Å². The van der Waals surface area contributed by atoms with Crippen molar-refractivity contribution in [2.45, 2.75) is 69.2 Å². The normalized spacial score (nSPS) is 28.5. The number of carbonyl (C=O) groups is 3. The van der Waals surface area contributed by atoms with Crippen molar-refractivity contribution < 1.29 is 34.8 Å². The van der Waals surface area contributed by atoms with E-state index in [1.165, 1.54) is 19.3 Å². The number of aliphatic hydroxyl groups excluding tert-OH is 2. The van der Waals surface area contributed by atoms with E-state index in [0.717, 1.165) is 24.1 Å². The molecule has 1 aromatic carbocycles. The summed E-state index contributed by atoms with van der Waals surface area (Å²) in [7, 11) is 6.97. The van der Waals surface area contributed by atoms with Crippen LogP contribution in [0.2, 0.25) is 0 Å². The summed E-state index contributed by atoms with van der Waals surface area (Å²) < 4.78 is 0. The summed E-state index contributed by atoms with van der Waals surface area (Å²) in [4.78, 5) is 43.0. The third-order valence-corrected chi connectivity index (χ3v) is 9.41. The lowest BCUT2D eigenvalue weighted by atomic mass is 9.58. The number of allylic oxidation sites excluding steroid dienone is 1. The number of hydrogen-bond donors (Lipinski definition) is 6. The van der Waals surface area contributed by atoms with Crippen molar-refractivity contribution in [3.63, 3.8) is 0 Å². The maximum absolute atomic E-state index is 14.0. The second-order valence-corrected chi connectivity index (χ2v) is 12.3. The van der Waals surface area contributed by atoms with Crippen molar-refractivity contribution in [3.05, 3.63) is 45.4 Å². The first-order chi connectivity index (χ1) is 19.3. The number of phenols is 1. The van der Waals surface area contributed by atoms with Gasteiger partial charge in [0.05, 0.1) is 11.6 Å². The van der Waals surface area contributed by atoms with Gasteiger partial charge in [-0.05, 0) is 62.9 Å². The van der Waals surface area contributed by atoms with E-state index >= 15 is 0 Å². The Morgan fingerprint density at radius 3 is 2.34 bits per heavy atom. The largest absolute Gasteiger partial charge is 0.510 e. The molecule has 1 saturated carbocycles. The molecule has 0 spiro atoms. The number of hydrogen-bond acceptors (Lipinski definition) is 10. The third kappa shape index (κ3) is 4.41. The van der Waals surface area contributed by atoms with E-state index in [2.05, 4.69) is 5.32 Å². The molecule has 1 aromatic rings. The fraction of sp³-hybridized carbons (Fsp3) is 0.567. The number of primary amides is 1. The first-order valence-corrected chi connectivity index (χ1v) is 14.2. The molecule has 11 heteroatoms. The minimum absolute atomic E-state index is 0.0240. The molecule has 0 heterocycles. The second kappa shape index (κ2) is 10.5. The van der Waals surface area contributed by atoms with E-state index in [0.29, 0.717) is 18.2 Å². The van der Waals surface area contributed by atoms with Gasteiger partial charge < -0.3 is 36.4 Å². The number of Topliss-reactive ketones (excluding diaryl/α,β-unsaturated/α-hetero) is 2. The monoisotopic (exact) mass is 568 g/mol. The fourth-order valence-electron chi connectivity index (χ4n) is 7.63. The molecular weight excluding hydrogens is 528 g/mol. The predicted molar refractivity (Wildman–Crippen MR) is 152 cm³/mol. The molecule has 0 saturated heterocycles. The summed E-state index contributed by atoms with van der Waals surface area (Å²) in [5.41, 5.74) is 4.09. The molecular formula is C30H40N4O7. The minimum atomic E-state index is -2.64. The van der Waals surface area contributed by atoms with E-state index in [-0.39, 0.29) is 29.7 Å². The number of carbonyl (C=O) groups excluding carboxylic acids is 3. The van der Waals surface area contributed by atoms with Gasteiger partial charge in [0, 0.05) is 43.9 Å². The van der Waals surface area contributed by atoms with Crippen molar-refractivity contribution in [3.8, 4) is 5.75 Å². The third-order valence-electron chi connectivity index (χ3n) is 9.41. The lowest BCUT2D eigenvalue weighted by molar-refractivity contribution is -0.148. The topological polar surface area (TPSA) is 177 Å². The van der Waals surface area contributed by atoms with Crippen LogP contribution >= 0.6 is 0 Å². The van der Waals surface area contributed by atoms with E-state index in [1.807, 2.05) is 19.0 Å². The standard InChI is InChI=1S/C30H40N4O7/c1-33(2)23-15(13-32-16-8-6-5-7-9-16)12-19(35)21-17(23)10-14-11-18-24(34(3)4)26(37)22(29(31)40)28(39)30(18,41)27(38)20(14)25(21)36/h12,14,16,18,24,32,35,37-38,41H,5-11,13H2,1-4H3,(H2,31,40)/t14-,18-,24-,30-/m0/s1. The average Bonchev–Trinajstić information content (AvgIpc) is 2.89. The number of amides is 1. The highest BCUT2D eigenvalue weighted by Crippen LogP contribution is 2.53. The Bertz CT molecular complexity index is 1380. The zero-order valence-electron chi connectivity index (χ0n) is 24.0. The SMILES string of the molecule is CN(C)c1c(CNC2CCCCC2)cc(O)c2c1C[C@H]1C[C@H]3[C@H](N(C)C)C(O)=C(C(N)=O)C(=O)[C@@]3(O)C(O)=C1C2=O. The Morgan fingerprint density at radius 2 is 1.76 bits per heavy atom. The van der Waals surface area contributed by atoms with Crippen molar-refractivity contribution in [1.29, 1.82) is 0 Å². The zero-order chi connectivity index (χ0) is 30.0. The van der Waals surface area contributed by atoms with Crippen LogP contribution < -0.4 is 16.0 Å². The van der Waals surface area contributed by atoms with E-state index in [9.17, 15) is 34.8 Å². The Labute approximate surface area is 239 Å². The Kier molecular flexibility index (Phi) is 7.42. The lowest BCUT2D eigenvalue weighted by Crippen LogP contribution is -2.63. The number of ketones is 2. The molecule has 0 aliphatic heterocycles. The highest BCUT2D eigenvalue weighted by atomic mass is 16.3. The number of anilines is 1. The maximum atomic E-state index is 14.0. The summed E-state index contributed by atoms with van der Waals surface area (Å²) in [5, 5.41) is 48.9. The summed E-state index contributed by atoms with van der Waals surface area (Å²) in [6, 6.07) is 0.937. The van der Waals surface area contributed by atoms with Crippen LogP contribution in [-0.2, 0) is 22.6 Å². The van der Waals surface area contributed by atoms with Gasteiger partial charge in [0.25, 0.3) is 5.91 Å². The average molecular weight is 569 g/mol. The number of fused-ring (bicyclic) bond motifs is 3. The van der Waals surface area contributed by atoms with Crippen LogP contribution in [0.4, 0.5) is 5.69 Å². The van der Waals surface area contributed by atoms with Crippen LogP contribution in [0.25, 0.3) is 0 Å². The lowest BCUT2D eigenvalue weighted by Gasteiger charge is -2.50. The molecule has 5 rings (SSSR count). The summed E-state index contributed by atoms with van der Waals surface area (Å²) in [6.07, 6.45) is 6.10. The number of nitrogens with two attached hydrogens (primary N) is 1. The number of aromatic hydroxyl groups is 1. The first-order valence-electron chi connectivity index (χ1n) is 14.2. The van der Waals surface area contributed by atoms with Crippen LogP contribution in [0.15, 0.2) is 28.7 Å². The summed E-state index contributed by atoms with van der Waals surface area (Å²) >= 11 is 0. The van der Waals surface area contributed by atoms with Gasteiger partial charge in [-0.1, -0.05) is 19.3 Å². The van der Waals surface area contributed by atoms with Gasteiger partial charge in [0.1, 0.15) is 22.8 Å². The smallest absolute Gasteiger partial charge is 0.255 e. The molecule has 11 nitrogen and oxygen atoms in total. The molecule has 4 aliphatic carbocycles. The molecule has 7 N–H and O–H groups in total. The van der Waals surface area contributed by atoms with Crippen molar-refractivity contribution in [2.75, 3.05) is 33.1 Å². The van der Waals surface area contributed by atoms with Gasteiger partial charge in [-0.3, -0.25) is 19.3 Å². The quantitative estimate of drug-likeness (QED) is 0.276. The number of nitrogens with zero attached hydrogens (tertiary/aromatic N) is 2. The molecule has 0 bridgehead atoms. The highest BCUT2D eigenvalue weighted by molar-refractivity contribution is 6.24. The van der Waals surface area contributed by atoms with Crippen molar-refractivity contribution >= 4 is 23.2 Å². The number of aliphatic hydroxyl groups is 3. The van der Waals surface area contributed by atoms with Crippen molar-refractivity contribution in [2.24, 2.45) is 17.6 Å². The molecule has 0 radical (unpaired) electrons. The van der Waals surface area contributed by atoms with Gasteiger partial charge in [-0.25, -0.2) is 0 Å². The van der Waals surface area contributed by atoms with Crippen LogP contribution in [0.3, 0.4) is 0 Å². The number of nitrogens with one attached hydrogen (secondary N) is 1. The van der Waals surface area contributed by atoms with Gasteiger partial charge in [-0.15, -0.1) is 0 Å². The van der Waals surface area contributed by atoms with E-state index in [1.54, 1.807) is 25.1 Å². The molecule has 0 aromatic heterocycles. The molecule has 0 unspecified atom stereocenters. The minimum Gasteiger partial charge on any atom is -0.510 e. The number of benzene rings is 1. The Balaban J connectivity index is 1.62. The molecule has 4 aliphatic rings. The first kappa shape index (κ1) is 29.1. The summed E-state index contributed by atoms with van der Waals surface area (Å²) in [6.45, 7) is 0.514. The molecule has 1 amide bonds. The van der Waals surface area contributed by atoms with Gasteiger partial charge in [0.2, 0.25) is 5.78 Å². The molecule has 4 atom stereocenters. The number of likely N-dealkylation sites (N-methyl/N-ethyl adjacent to an activating group) is 1. The highest BCUT2D eigenvalue weighted by Gasteiger charge is 2.63. The van der Waals surface area contributed by atoms with E-state index < -0.39 is 58.0 Å². The fourth-order valence-corrected chi connectivity index (χ4v) is 7.63. The maximum Gasteiger partial charge on any atom is 0.255 e. The predicted octanol–water partition coefficient (Wildman–Crippen LogP) is 1.61. The van der Waals surface area contributed by atoms with Gasteiger partial charge in [-0.2, -0.15) is 0 Å². The van der Waals surface area contributed by atoms with E-state index in [4.69, 9.17) is 5.73 Å². The van der Waals surface area contributed by atoms with Gasteiger partial charge >= 0.3 is 0 Å².